The normalized spacial score (nSPS) is 11.0. The number of aliphatic carboxylic acids is 1. The molecule has 3 aromatic rings. The van der Waals surface area contributed by atoms with Crippen molar-refractivity contribution in [2.24, 2.45) is 0 Å². The van der Waals surface area contributed by atoms with E-state index in [1.54, 1.807) is 31.4 Å². The maximum atomic E-state index is 11.7. The zero-order chi connectivity index (χ0) is 20.5. The maximum absolute atomic E-state index is 11.7. The van der Waals surface area contributed by atoms with Crippen molar-refractivity contribution in [1.82, 2.24) is 0 Å². The third-order valence-corrected chi connectivity index (χ3v) is 4.16. The highest BCUT2D eigenvalue weighted by molar-refractivity contribution is 6.20. The number of ether oxygens (including phenoxy) is 3. The standard InChI is InChI=1S/C24H22O5/c1-27-20-10-12-21(13-11-20)28-14-15-29-22-9-5-6-18(16-22)17-23(24(25)26)19-7-3-2-4-8-19/h2-13,16-17H,14-15H2,1H3,(H,25,26)/b23-17+. The second-order valence-corrected chi connectivity index (χ2v) is 6.17. The zero-order valence-corrected chi connectivity index (χ0v) is 16.1. The van der Waals surface area contributed by atoms with E-state index < -0.39 is 5.97 Å². The minimum absolute atomic E-state index is 0.227. The highest BCUT2D eigenvalue weighted by atomic mass is 16.5. The smallest absolute Gasteiger partial charge is 0.336 e. The minimum atomic E-state index is -0.976. The number of carboxylic acid groups (broad SMARTS) is 1. The molecule has 0 unspecified atom stereocenters. The van der Waals surface area contributed by atoms with Crippen molar-refractivity contribution in [3.63, 3.8) is 0 Å². The molecule has 0 saturated carbocycles. The van der Waals surface area contributed by atoms with Crippen molar-refractivity contribution in [2.75, 3.05) is 20.3 Å². The SMILES string of the molecule is COc1ccc(OCCOc2cccc(/C=C(/C(=O)O)c3ccccc3)c2)cc1. The predicted octanol–water partition coefficient (Wildman–Crippen LogP) is 4.78. The maximum Gasteiger partial charge on any atom is 0.336 e. The van der Waals surface area contributed by atoms with Gasteiger partial charge in [0.15, 0.2) is 0 Å². The molecule has 148 valence electrons. The van der Waals surface area contributed by atoms with E-state index in [0.29, 0.717) is 24.5 Å². The molecule has 0 saturated heterocycles. The topological polar surface area (TPSA) is 65.0 Å². The average molecular weight is 390 g/mol. The van der Waals surface area contributed by atoms with Gasteiger partial charge in [0.2, 0.25) is 0 Å². The van der Waals surface area contributed by atoms with Crippen LogP contribution in [0.5, 0.6) is 17.2 Å². The van der Waals surface area contributed by atoms with Gasteiger partial charge in [-0.3, -0.25) is 0 Å². The van der Waals surface area contributed by atoms with Gasteiger partial charge in [0.05, 0.1) is 12.7 Å². The molecule has 29 heavy (non-hydrogen) atoms. The molecule has 0 radical (unpaired) electrons. The lowest BCUT2D eigenvalue weighted by atomic mass is 10.0. The lowest BCUT2D eigenvalue weighted by molar-refractivity contribution is -0.130. The Balaban J connectivity index is 1.60. The summed E-state index contributed by atoms with van der Waals surface area (Å²) in [6.45, 7) is 0.750. The van der Waals surface area contributed by atoms with E-state index in [4.69, 9.17) is 14.2 Å². The summed E-state index contributed by atoms with van der Waals surface area (Å²) in [5, 5.41) is 9.55. The van der Waals surface area contributed by atoms with Crippen molar-refractivity contribution in [3.05, 3.63) is 90.0 Å². The summed E-state index contributed by atoms with van der Waals surface area (Å²) in [6.07, 6.45) is 1.64. The number of methoxy groups -OCH3 is 1. The third kappa shape index (κ3) is 5.87. The van der Waals surface area contributed by atoms with Crippen LogP contribution in [0.15, 0.2) is 78.9 Å². The molecule has 0 fully saturated rings. The summed E-state index contributed by atoms with van der Waals surface area (Å²) in [5.41, 5.74) is 1.63. The Kier molecular flexibility index (Phi) is 6.90. The molecule has 0 bridgehead atoms. The minimum Gasteiger partial charge on any atom is -0.497 e. The fraction of sp³-hybridized carbons (Fsp3) is 0.125. The van der Waals surface area contributed by atoms with Crippen LogP contribution in [0.3, 0.4) is 0 Å². The van der Waals surface area contributed by atoms with Gasteiger partial charge in [0.25, 0.3) is 0 Å². The number of benzene rings is 3. The number of carboxylic acids is 1. The molecule has 3 rings (SSSR count). The van der Waals surface area contributed by atoms with Crippen LogP contribution in [0.2, 0.25) is 0 Å². The van der Waals surface area contributed by atoms with Gasteiger partial charge in [-0.15, -0.1) is 0 Å². The first-order valence-corrected chi connectivity index (χ1v) is 9.16. The molecule has 0 amide bonds. The van der Waals surface area contributed by atoms with Crippen molar-refractivity contribution in [2.45, 2.75) is 0 Å². The summed E-state index contributed by atoms with van der Waals surface area (Å²) in [4.78, 5) is 11.7. The van der Waals surface area contributed by atoms with E-state index in [0.717, 1.165) is 17.1 Å². The molecule has 0 aliphatic carbocycles. The van der Waals surface area contributed by atoms with Crippen molar-refractivity contribution in [1.29, 1.82) is 0 Å². The van der Waals surface area contributed by atoms with Gasteiger partial charge in [-0.05, 0) is 53.6 Å². The Labute approximate surface area is 169 Å². The van der Waals surface area contributed by atoms with E-state index in [-0.39, 0.29) is 5.57 Å². The molecular formula is C24H22O5. The van der Waals surface area contributed by atoms with Gasteiger partial charge in [-0.1, -0.05) is 42.5 Å². The largest absolute Gasteiger partial charge is 0.497 e. The van der Waals surface area contributed by atoms with Gasteiger partial charge >= 0.3 is 5.97 Å². The molecule has 5 nitrogen and oxygen atoms in total. The van der Waals surface area contributed by atoms with Crippen LogP contribution < -0.4 is 14.2 Å². The Hall–Kier alpha value is -3.73. The van der Waals surface area contributed by atoms with Crippen LogP contribution in [-0.2, 0) is 4.79 Å². The highest BCUT2D eigenvalue weighted by Crippen LogP contribution is 2.21. The average Bonchev–Trinajstić information content (AvgIpc) is 2.76. The highest BCUT2D eigenvalue weighted by Gasteiger charge is 2.10. The van der Waals surface area contributed by atoms with Gasteiger partial charge in [0.1, 0.15) is 30.5 Å². The van der Waals surface area contributed by atoms with Gasteiger partial charge in [-0.25, -0.2) is 4.79 Å². The molecule has 1 N–H and O–H groups in total. The van der Waals surface area contributed by atoms with Crippen molar-refractivity contribution >= 4 is 17.6 Å². The van der Waals surface area contributed by atoms with Crippen LogP contribution in [0, 0.1) is 0 Å². The summed E-state index contributed by atoms with van der Waals surface area (Å²) in [5.74, 6) is 1.18. The van der Waals surface area contributed by atoms with Crippen molar-refractivity contribution in [3.8, 4) is 17.2 Å². The Morgan fingerprint density at radius 1 is 0.828 bits per heavy atom. The zero-order valence-electron chi connectivity index (χ0n) is 16.1. The molecule has 0 atom stereocenters. The fourth-order valence-corrected chi connectivity index (χ4v) is 2.74. The molecule has 0 aliphatic rings. The lowest BCUT2D eigenvalue weighted by Gasteiger charge is -2.10. The van der Waals surface area contributed by atoms with Gasteiger partial charge < -0.3 is 19.3 Å². The van der Waals surface area contributed by atoms with Gasteiger partial charge in [0, 0.05) is 0 Å². The molecule has 5 heteroatoms. The van der Waals surface area contributed by atoms with E-state index >= 15 is 0 Å². The quantitative estimate of drug-likeness (QED) is 0.324. The number of carbonyl (C=O) groups is 1. The first kappa shape index (κ1) is 20.0. The second-order valence-electron chi connectivity index (χ2n) is 6.17. The first-order valence-electron chi connectivity index (χ1n) is 9.16. The summed E-state index contributed by atoms with van der Waals surface area (Å²) in [6, 6.07) is 23.7. The molecular weight excluding hydrogens is 368 g/mol. The number of rotatable bonds is 9. The Morgan fingerprint density at radius 2 is 1.48 bits per heavy atom. The third-order valence-electron chi connectivity index (χ3n) is 4.16. The van der Waals surface area contributed by atoms with Crippen LogP contribution in [0.1, 0.15) is 11.1 Å². The molecule has 3 aromatic carbocycles. The van der Waals surface area contributed by atoms with Gasteiger partial charge in [-0.2, -0.15) is 0 Å². The van der Waals surface area contributed by atoms with E-state index in [1.165, 1.54) is 0 Å². The predicted molar refractivity (Wildman–Crippen MR) is 112 cm³/mol. The molecule has 0 spiro atoms. The van der Waals surface area contributed by atoms with Crippen LogP contribution >= 0.6 is 0 Å². The molecule has 0 heterocycles. The van der Waals surface area contributed by atoms with E-state index in [2.05, 4.69) is 0 Å². The first-order chi connectivity index (χ1) is 14.2. The summed E-state index contributed by atoms with van der Waals surface area (Å²) >= 11 is 0. The van der Waals surface area contributed by atoms with Crippen molar-refractivity contribution < 1.29 is 24.1 Å². The molecule has 0 aromatic heterocycles. The van der Waals surface area contributed by atoms with Crippen LogP contribution in [0.4, 0.5) is 0 Å². The lowest BCUT2D eigenvalue weighted by Crippen LogP contribution is -2.09. The van der Waals surface area contributed by atoms with Crippen LogP contribution in [0.25, 0.3) is 11.6 Å². The fourth-order valence-electron chi connectivity index (χ4n) is 2.74. The van der Waals surface area contributed by atoms with E-state index in [9.17, 15) is 9.90 Å². The molecule has 0 aliphatic heterocycles. The summed E-state index contributed by atoms with van der Waals surface area (Å²) in [7, 11) is 1.62. The van der Waals surface area contributed by atoms with Crippen LogP contribution in [-0.4, -0.2) is 31.4 Å². The number of hydrogen-bond donors (Lipinski definition) is 1. The second kappa shape index (κ2) is 9.99. The Bertz CT molecular complexity index is 962. The Morgan fingerprint density at radius 3 is 2.14 bits per heavy atom. The summed E-state index contributed by atoms with van der Waals surface area (Å²) < 4.78 is 16.5. The monoisotopic (exact) mass is 390 g/mol. The number of hydrogen-bond acceptors (Lipinski definition) is 4. The van der Waals surface area contributed by atoms with E-state index in [1.807, 2.05) is 60.7 Å².